The van der Waals surface area contributed by atoms with Crippen molar-refractivity contribution in [1.29, 1.82) is 0 Å². The molecule has 0 aliphatic heterocycles. The predicted octanol–water partition coefficient (Wildman–Crippen LogP) is 5.35. The minimum atomic E-state index is -1.52. The molecule has 0 atom stereocenters. The van der Waals surface area contributed by atoms with Crippen molar-refractivity contribution in [2.75, 3.05) is 0 Å². The molecule has 0 radical (unpaired) electrons. The van der Waals surface area contributed by atoms with E-state index < -0.39 is 17.0 Å². The van der Waals surface area contributed by atoms with Crippen LogP contribution < -0.4 is 4.74 Å². The van der Waals surface area contributed by atoms with E-state index in [-0.39, 0.29) is 21.5 Å². The van der Waals surface area contributed by atoms with Gasteiger partial charge in [0.05, 0.1) is 10.0 Å². The molecule has 0 saturated heterocycles. The molecule has 0 aliphatic carbocycles. The van der Waals surface area contributed by atoms with Crippen LogP contribution in [0.5, 0.6) is 11.5 Å². The monoisotopic (exact) mass is 334 g/mol. The van der Waals surface area contributed by atoms with Crippen LogP contribution in [0.3, 0.4) is 0 Å². The van der Waals surface area contributed by atoms with Crippen molar-refractivity contribution in [2.24, 2.45) is 0 Å². The van der Waals surface area contributed by atoms with Gasteiger partial charge in [-0.1, -0.05) is 64.7 Å². The van der Waals surface area contributed by atoms with Crippen LogP contribution in [0.1, 0.15) is 52.7 Å². The average Bonchev–Trinajstić information content (AvgIpc) is 2.21. The zero-order chi connectivity index (χ0) is 16.7. The summed E-state index contributed by atoms with van der Waals surface area (Å²) in [7, 11) is 0. The van der Waals surface area contributed by atoms with Gasteiger partial charge >= 0.3 is 6.16 Å². The van der Waals surface area contributed by atoms with Crippen LogP contribution in [0.15, 0.2) is 0 Å². The number of benzene rings is 1. The molecule has 0 aliphatic rings. The van der Waals surface area contributed by atoms with E-state index in [1.165, 1.54) is 0 Å². The number of phenolic OH excluding ortho intramolecular Hbond substituents is 1. The summed E-state index contributed by atoms with van der Waals surface area (Å²) in [6.45, 7) is 11.0. The molecule has 1 aromatic carbocycles. The number of hydrogen-bond donors (Lipinski definition) is 2. The number of carbonyl (C=O) groups is 1. The molecule has 0 spiro atoms. The number of carboxylic acid groups (broad SMARTS) is 1. The Balaban J connectivity index is 3.88. The number of ether oxygens (including phenoxy) is 1. The average molecular weight is 335 g/mol. The molecule has 0 aromatic heterocycles. The molecule has 0 unspecified atom stereocenters. The van der Waals surface area contributed by atoms with Crippen LogP contribution in [0.2, 0.25) is 10.0 Å². The van der Waals surface area contributed by atoms with Crippen molar-refractivity contribution >= 4 is 29.4 Å². The lowest BCUT2D eigenvalue weighted by atomic mass is 9.80. The summed E-state index contributed by atoms with van der Waals surface area (Å²) >= 11 is 12.6. The first kappa shape index (κ1) is 17.9. The van der Waals surface area contributed by atoms with Gasteiger partial charge in [-0.3, -0.25) is 0 Å². The second-order valence-electron chi connectivity index (χ2n) is 6.92. The molecular formula is C15H20Cl2O4. The lowest BCUT2D eigenvalue weighted by Gasteiger charge is -2.29. The zero-order valence-corrected chi connectivity index (χ0v) is 14.5. The van der Waals surface area contributed by atoms with E-state index in [1.807, 2.05) is 41.5 Å². The molecule has 6 heteroatoms. The Morgan fingerprint density at radius 2 is 1.33 bits per heavy atom. The van der Waals surface area contributed by atoms with E-state index >= 15 is 0 Å². The maximum Gasteiger partial charge on any atom is 0.511 e. The number of aromatic hydroxyl groups is 1. The maximum atomic E-state index is 10.9. The maximum absolute atomic E-state index is 10.9. The minimum Gasteiger partial charge on any atom is -0.504 e. The quantitative estimate of drug-likeness (QED) is 0.536. The molecular weight excluding hydrogens is 315 g/mol. The molecule has 4 nitrogen and oxygen atoms in total. The second-order valence-corrected chi connectivity index (χ2v) is 7.68. The predicted molar refractivity (Wildman–Crippen MR) is 84.2 cm³/mol. The lowest BCUT2D eigenvalue weighted by Crippen LogP contribution is -2.20. The molecule has 0 fully saturated rings. The van der Waals surface area contributed by atoms with E-state index in [9.17, 15) is 9.90 Å². The Kier molecular flexibility index (Phi) is 4.76. The van der Waals surface area contributed by atoms with Gasteiger partial charge in [-0.25, -0.2) is 4.79 Å². The number of rotatable bonds is 1. The van der Waals surface area contributed by atoms with E-state index in [0.29, 0.717) is 11.1 Å². The molecule has 21 heavy (non-hydrogen) atoms. The first-order valence-corrected chi connectivity index (χ1v) is 7.19. The standard InChI is InChI=1S/C15H20Cl2O4/c1-14(2,3)7-9(16)10(17)8(15(4,5)6)12(11(7)18)21-13(19)20/h18H,1-6H3,(H,19,20). The highest BCUT2D eigenvalue weighted by Gasteiger charge is 2.34. The molecule has 0 saturated carbocycles. The van der Waals surface area contributed by atoms with Crippen molar-refractivity contribution in [1.82, 2.24) is 0 Å². The Morgan fingerprint density at radius 1 is 0.952 bits per heavy atom. The van der Waals surface area contributed by atoms with E-state index in [1.54, 1.807) is 0 Å². The molecule has 1 rings (SSSR count). The van der Waals surface area contributed by atoms with Crippen LogP contribution in [-0.4, -0.2) is 16.4 Å². The fourth-order valence-corrected chi connectivity index (χ4v) is 3.13. The van der Waals surface area contributed by atoms with Gasteiger partial charge in [-0.2, -0.15) is 0 Å². The number of halogens is 2. The Labute approximate surface area is 134 Å². The third-order valence-corrected chi connectivity index (χ3v) is 3.85. The Bertz CT molecular complexity index is 581. The highest BCUT2D eigenvalue weighted by Crippen LogP contribution is 2.52. The molecule has 2 N–H and O–H groups in total. The number of hydrogen-bond acceptors (Lipinski definition) is 3. The summed E-state index contributed by atoms with van der Waals surface area (Å²) < 4.78 is 4.80. The van der Waals surface area contributed by atoms with E-state index in [4.69, 9.17) is 33.0 Å². The molecule has 118 valence electrons. The van der Waals surface area contributed by atoms with Gasteiger partial charge in [0, 0.05) is 11.1 Å². The topological polar surface area (TPSA) is 66.8 Å². The highest BCUT2D eigenvalue weighted by atomic mass is 35.5. The summed E-state index contributed by atoms with van der Waals surface area (Å²) in [5.74, 6) is -0.446. The zero-order valence-electron chi connectivity index (χ0n) is 13.0. The van der Waals surface area contributed by atoms with Gasteiger partial charge in [0.15, 0.2) is 11.5 Å². The molecule has 0 bridgehead atoms. The highest BCUT2D eigenvalue weighted by molar-refractivity contribution is 6.43. The van der Waals surface area contributed by atoms with Gasteiger partial charge in [-0.15, -0.1) is 0 Å². The first-order valence-electron chi connectivity index (χ1n) is 6.44. The molecule has 1 aromatic rings. The van der Waals surface area contributed by atoms with Crippen molar-refractivity contribution in [3.63, 3.8) is 0 Å². The van der Waals surface area contributed by atoms with Crippen LogP contribution in [0.4, 0.5) is 4.79 Å². The van der Waals surface area contributed by atoms with E-state index in [0.717, 1.165) is 0 Å². The van der Waals surface area contributed by atoms with E-state index in [2.05, 4.69) is 0 Å². The van der Waals surface area contributed by atoms with Crippen LogP contribution in [0, 0.1) is 0 Å². The smallest absolute Gasteiger partial charge is 0.504 e. The third kappa shape index (κ3) is 3.55. The van der Waals surface area contributed by atoms with Gasteiger partial charge in [-0.05, 0) is 10.8 Å². The SMILES string of the molecule is CC(C)(C)c1c(O)c(OC(=O)O)c(C(C)(C)C)c(Cl)c1Cl. The Morgan fingerprint density at radius 3 is 1.67 bits per heavy atom. The summed E-state index contributed by atoms with van der Waals surface area (Å²) in [6.07, 6.45) is -1.52. The summed E-state index contributed by atoms with van der Waals surface area (Å²) in [6, 6.07) is 0. The molecule has 0 heterocycles. The largest absolute Gasteiger partial charge is 0.511 e. The fourth-order valence-electron chi connectivity index (χ4n) is 2.20. The van der Waals surface area contributed by atoms with Crippen molar-refractivity contribution in [2.45, 2.75) is 52.4 Å². The van der Waals surface area contributed by atoms with Gasteiger partial charge in [0.2, 0.25) is 0 Å². The fraction of sp³-hybridized carbons (Fsp3) is 0.533. The van der Waals surface area contributed by atoms with Gasteiger partial charge < -0.3 is 14.9 Å². The van der Waals surface area contributed by atoms with Crippen LogP contribution >= 0.6 is 23.2 Å². The molecule has 0 amide bonds. The minimum absolute atomic E-state index is 0.158. The second kappa shape index (κ2) is 5.58. The third-order valence-electron chi connectivity index (χ3n) is 3.00. The lowest BCUT2D eigenvalue weighted by molar-refractivity contribution is 0.141. The van der Waals surface area contributed by atoms with Crippen LogP contribution in [0.25, 0.3) is 0 Å². The van der Waals surface area contributed by atoms with Crippen molar-refractivity contribution in [3.05, 3.63) is 21.2 Å². The van der Waals surface area contributed by atoms with Gasteiger partial charge in [0.1, 0.15) is 0 Å². The first-order chi connectivity index (χ1) is 9.28. The Hall–Kier alpha value is -1.13. The van der Waals surface area contributed by atoms with Crippen molar-refractivity contribution in [3.8, 4) is 11.5 Å². The van der Waals surface area contributed by atoms with Gasteiger partial charge in [0.25, 0.3) is 0 Å². The number of phenols is 1. The normalized spacial score (nSPS) is 12.4. The van der Waals surface area contributed by atoms with Crippen LogP contribution in [-0.2, 0) is 10.8 Å². The summed E-state index contributed by atoms with van der Waals surface area (Å²) in [5.41, 5.74) is -0.363. The summed E-state index contributed by atoms with van der Waals surface area (Å²) in [5, 5.41) is 19.8. The summed E-state index contributed by atoms with van der Waals surface area (Å²) in [4.78, 5) is 10.9. The van der Waals surface area contributed by atoms with Crippen molar-refractivity contribution < 1.29 is 19.7 Å².